The van der Waals surface area contributed by atoms with Crippen LogP contribution in [0.2, 0.25) is 0 Å². The second-order valence-corrected chi connectivity index (χ2v) is 7.40. The first-order chi connectivity index (χ1) is 9.72. The van der Waals surface area contributed by atoms with Gasteiger partial charge in [0.25, 0.3) is 0 Å². The molecule has 1 aromatic rings. The molecule has 0 amide bonds. The molecule has 1 heterocycles. The number of benzene rings is 1. The number of hydrogen-bond donors (Lipinski definition) is 1. The zero-order valence-corrected chi connectivity index (χ0v) is 14.4. The number of hydrogen-bond acceptors (Lipinski definition) is 3. The summed E-state index contributed by atoms with van der Waals surface area (Å²) >= 11 is 0. The first-order valence-corrected chi connectivity index (χ1v) is 7.95. The van der Waals surface area contributed by atoms with Crippen LogP contribution in [0.4, 0.5) is 0 Å². The van der Waals surface area contributed by atoms with Gasteiger partial charge >= 0.3 is 0 Å². The fourth-order valence-corrected chi connectivity index (χ4v) is 3.07. The third-order valence-electron chi connectivity index (χ3n) is 4.99. The van der Waals surface area contributed by atoms with Crippen molar-refractivity contribution in [3.8, 4) is 5.75 Å². The predicted octanol–water partition coefficient (Wildman–Crippen LogP) is 3.52. The summed E-state index contributed by atoms with van der Waals surface area (Å²) in [5, 5.41) is 0. The smallest absolute Gasteiger partial charge is 0.128 e. The van der Waals surface area contributed by atoms with E-state index < -0.39 is 0 Å². The van der Waals surface area contributed by atoms with E-state index in [0.717, 1.165) is 18.6 Å². The highest BCUT2D eigenvalue weighted by molar-refractivity contribution is 5.47. The maximum atomic E-state index is 6.22. The van der Waals surface area contributed by atoms with Crippen LogP contribution in [-0.2, 0) is 6.42 Å². The Morgan fingerprint density at radius 2 is 2.05 bits per heavy atom. The molecule has 1 aromatic carbocycles. The number of rotatable bonds is 5. The molecule has 0 aromatic heterocycles. The summed E-state index contributed by atoms with van der Waals surface area (Å²) in [6.07, 6.45) is 2.05. The van der Waals surface area contributed by atoms with E-state index in [2.05, 4.69) is 64.8 Å². The largest absolute Gasteiger partial charge is 0.487 e. The molecule has 1 atom stereocenters. The summed E-state index contributed by atoms with van der Waals surface area (Å²) < 4.78 is 6.22. The molecule has 0 spiro atoms. The molecule has 0 saturated heterocycles. The number of nitrogens with zero attached hydrogens (tertiary/aromatic N) is 1. The van der Waals surface area contributed by atoms with Crippen LogP contribution in [-0.4, -0.2) is 29.6 Å². The fraction of sp³-hybridized carbons (Fsp3) is 0.667. The lowest BCUT2D eigenvalue weighted by Crippen LogP contribution is -2.45. The zero-order chi connectivity index (χ0) is 15.8. The monoisotopic (exact) mass is 290 g/mol. The number of likely N-dealkylation sites (N-methyl/N-ethyl adjacent to an activating group) is 1. The van der Waals surface area contributed by atoms with Crippen molar-refractivity contribution >= 4 is 0 Å². The van der Waals surface area contributed by atoms with Gasteiger partial charge in [0.05, 0.1) is 6.04 Å². The second kappa shape index (κ2) is 5.62. The van der Waals surface area contributed by atoms with Gasteiger partial charge in [-0.05, 0) is 46.7 Å². The number of fused-ring (bicyclic) bond motifs is 1. The summed E-state index contributed by atoms with van der Waals surface area (Å²) in [5.41, 5.74) is 8.65. The molecule has 0 saturated carbocycles. The van der Waals surface area contributed by atoms with Crippen molar-refractivity contribution in [3.05, 3.63) is 29.3 Å². The van der Waals surface area contributed by atoms with E-state index >= 15 is 0 Å². The molecular formula is C18H30N2O. The summed E-state index contributed by atoms with van der Waals surface area (Å²) in [4.78, 5) is 2.39. The molecule has 2 rings (SSSR count). The van der Waals surface area contributed by atoms with Gasteiger partial charge in [0.2, 0.25) is 0 Å². The lowest BCUT2D eigenvalue weighted by molar-refractivity contribution is 0.0934. The average molecular weight is 290 g/mol. The Kier molecular flexibility index (Phi) is 4.36. The van der Waals surface area contributed by atoms with Crippen molar-refractivity contribution in [2.75, 3.05) is 13.6 Å². The SMILES string of the molecule is CCC(C)(C)N(C)C(CN)c1cccc2c1OC(C)(C)C2. The van der Waals surface area contributed by atoms with Crippen LogP contribution in [0.5, 0.6) is 5.75 Å². The van der Waals surface area contributed by atoms with Gasteiger partial charge in [0.15, 0.2) is 0 Å². The first-order valence-electron chi connectivity index (χ1n) is 7.95. The van der Waals surface area contributed by atoms with E-state index in [1.165, 1.54) is 11.1 Å². The molecular weight excluding hydrogens is 260 g/mol. The van der Waals surface area contributed by atoms with Gasteiger partial charge in [-0.3, -0.25) is 4.90 Å². The molecule has 1 aliphatic rings. The molecule has 3 heteroatoms. The van der Waals surface area contributed by atoms with Crippen molar-refractivity contribution in [1.82, 2.24) is 4.90 Å². The number of nitrogens with two attached hydrogens (primary N) is 1. The van der Waals surface area contributed by atoms with Crippen molar-refractivity contribution in [1.29, 1.82) is 0 Å². The van der Waals surface area contributed by atoms with Crippen molar-refractivity contribution < 1.29 is 4.74 Å². The molecule has 1 unspecified atom stereocenters. The lowest BCUT2D eigenvalue weighted by Gasteiger charge is -2.41. The van der Waals surface area contributed by atoms with Crippen LogP contribution < -0.4 is 10.5 Å². The zero-order valence-electron chi connectivity index (χ0n) is 14.4. The minimum absolute atomic E-state index is 0.112. The third-order valence-corrected chi connectivity index (χ3v) is 4.99. The Hall–Kier alpha value is -1.06. The lowest BCUT2D eigenvalue weighted by atomic mass is 9.93. The minimum atomic E-state index is -0.115. The fourth-order valence-electron chi connectivity index (χ4n) is 3.07. The highest BCUT2D eigenvalue weighted by Gasteiger charge is 2.36. The predicted molar refractivity (Wildman–Crippen MR) is 88.8 cm³/mol. The molecule has 118 valence electrons. The molecule has 0 fully saturated rings. The van der Waals surface area contributed by atoms with Gasteiger partial charge in [0.1, 0.15) is 11.4 Å². The molecule has 0 bridgehead atoms. The van der Waals surface area contributed by atoms with Gasteiger partial charge in [0, 0.05) is 24.1 Å². The van der Waals surface area contributed by atoms with Gasteiger partial charge in [-0.25, -0.2) is 0 Å². The number of ether oxygens (including phenoxy) is 1. The van der Waals surface area contributed by atoms with Gasteiger partial charge in [-0.2, -0.15) is 0 Å². The number of para-hydroxylation sites is 1. The Morgan fingerprint density at radius 3 is 2.62 bits per heavy atom. The summed E-state index contributed by atoms with van der Waals surface area (Å²) in [7, 11) is 2.17. The molecule has 3 nitrogen and oxygen atoms in total. The van der Waals surface area contributed by atoms with Crippen molar-refractivity contribution in [2.45, 2.75) is 64.6 Å². The Labute approximate surface area is 129 Å². The highest BCUT2D eigenvalue weighted by atomic mass is 16.5. The van der Waals surface area contributed by atoms with Crippen LogP contribution in [0.3, 0.4) is 0 Å². The Balaban J connectivity index is 2.40. The van der Waals surface area contributed by atoms with E-state index in [9.17, 15) is 0 Å². The third kappa shape index (κ3) is 3.09. The normalized spacial score (nSPS) is 18.5. The Morgan fingerprint density at radius 1 is 1.38 bits per heavy atom. The minimum Gasteiger partial charge on any atom is -0.487 e. The van der Waals surface area contributed by atoms with Crippen LogP contribution in [0.25, 0.3) is 0 Å². The molecule has 2 N–H and O–H groups in total. The quantitative estimate of drug-likeness (QED) is 0.901. The van der Waals surface area contributed by atoms with E-state index in [1.807, 2.05) is 0 Å². The topological polar surface area (TPSA) is 38.5 Å². The first kappa shape index (κ1) is 16.3. The summed E-state index contributed by atoms with van der Waals surface area (Å²) in [5.74, 6) is 1.05. The van der Waals surface area contributed by atoms with Crippen molar-refractivity contribution in [3.63, 3.8) is 0 Å². The van der Waals surface area contributed by atoms with E-state index in [1.54, 1.807) is 0 Å². The maximum absolute atomic E-state index is 6.22. The van der Waals surface area contributed by atoms with E-state index in [-0.39, 0.29) is 17.2 Å². The summed E-state index contributed by atoms with van der Waals surface area (Å²) in [6.45, 7) is 11.6. The van der Waals surface area contributed by atoms with Crippen LogP contribution in [0, 0.1) is 0 Å². The van der Waals surface area contributed by atoms with Gasteiger partial charge in [-0.15, -0.1) is 0 Å². The van der Waals surface area contributed by atoms with Crippen LogP contribution in [0.1, 0.15) is 58.2 Å². The van der Waals surface area contributed by atoms with Gasteiger partial charge < -0.3 is 10.5 Å². The standard InChI is InChI=1S/C18H30N2O/c1-7-17(2,3)20(6)15(12-19)14-10-8-9-13-11-18(4,5)21-16(13)14/h8-10,15H,7,11-12,19H2,1-6H3. The summed E-state index contributed by atoms with van der Waals surface area (Å²) in [6, 6.07) is 6.66. The van der Waals surface area contributed by atoms with Gasteiger partial charge in [-0.1, -0.05) is 25.1 Å². The van der Waals surface area contributed by atoms with Crippen molar-refractivity contribution in [2.24, 2.45) is 5.73 Å². The van der Waals surface area contributed by atoms with E-state index in [0.29, 0.717) is 6.54 Å². The average Bonchev–Trinajstić information content (AvgIpc) is 2.74. The second-order valence-electron chi connectivity index (χ2n) is 7.40. The van der Waals surface area contributed by atoms with E-state index in [4.69, 9.17) is 10.5 Å². The molecule has 0 aliphatic carbocycles. The molecule has 21 heavy (non-hydrogen) atoms. The Bertz CT molecular complexity index is 508. The maximum Gasteiger partial charge on any atom is 0.128 e. The highest BCUT2D eigenvalue weighted by Crippen LogP contribution is 2.42. The van der Waals surface area contributed by atoms with Crippen LogP contribution >= 0.6 is 0 Å². The van der Waals surface area contributed by atoms with Crippen LogP contribution in [0.15, 0.2) is 18.2 Å². The molecule has 1 aliphatic heterocycles. The molecule has 0 radical (unpaired) electrons.